The minimum absolute atomic E-state index is 0.0394. The first-order valence-electron chi connectivity index (χ1n) is 5.61. The highest BCUT2D eigenvalue weighted by Crippen LogP contribution is 2.31. The molecule has 0 saturated carbocycles. The number of ether oxygens (including phenoxy) is 1. The average Bonchev–Trinajstić information content (AvgIpc) is 2.71. The monoisotopic (exact) mass is 397 g/mol. The quantitative estimate of drug-likeness (QED) is 0.821. The molecule has 0 radical (unpaired) electrons. The van der Waals surface area contributed by atoms with E-state index in [9.17, 15) is 17.2 Å². The summed E-state index contributed by atoms with van der Waals surface area (Å²) in [6.45, 7) is -1.22. The lowest BCUT2D eigenvalue weighted by Crippen LogP contribution is -2.13. The Kier molecular flexibility index (Phi) is 4.84. The van der Waals surface area contributed by atoms with E-state index < -0.39 is 16.6 Å². The Hall–Kier alpha value is -1.19. The van der Waals surface area contributed by atoms with E-state index in [2.05, 4.69) is 25.4 Å². The molecule has 4 nitrogen and oxygen atoms in total. The lowest BCUT2D eigenvalue weighted by molar-refractivity contribution is -0.0498. The van der Waals surface area contributed by atoms with Gasteiger partial charge in [0.2, 0.25) is 0 Å². The maximum absolute atomic E-state index is 12.2. The first-order chi connectivity index (χ1) is 9.78. The van der Waals surface area contributed by atoms with E-state index >= 15 is 0 Å². The molecule has 1 aromatic heterocycles. The van der Waals surface area contributed by atoms with E-state index in [0.29, 0.717) is 8.66 Å². The molecule has 1 heterocycles. The number of halogens is 3. The van der Waals surface area contributed by atoms with Crippen LogP contribution in [0.2, 0.25) is 0 Å². The van der Waals surface area contributed by atoms with Crippen molar-refractivity contribution in [2.24, 2.45) is 0 Å². The number of hydrogen-bond donors (Lipinski definition) is 1. The molecule has 0 aliphatic carbocycles. The number of anilines is 1. The highest BCUT2D eigenvalue weighted by molar-refractivity contribution is 9.11. The van der Waals surface area contributed by atoms with Crippen molar-refractivity contribution >= 4 is 43.0 Å². The fourth-order valence-corrected chi connectivity index (χ4v) is 5.09. The van der Waals surface area contributed by atoms with Crippen LogP contribution in [-0.4, -0.2) is 15.0 Å². The molecule has 0 saturated heterocycles. The third kappa shape index (κ3) is 4.14. The molecule has 2 aromatic rings. The second kappa shape index (κ2) is 6.29. The second-order valence-electron chi connectivity index (χ2n) is 3.98. The smallest absolute Gasteiger partial charge is 0.387 e. The van der Waals surface area contributed by atoms with Gasteiger partial charge in [-0.25, -0.2) is 8.42 Å². The second-order valence-corrected chi connectivity index (χ2v) is 8.27. The normalized spacial score (nSPS) is 11.7. The predicted octanol–water partition coefficient (Wildman–Crippen LogP) is 4.22. The zero-order valence-electron chi connectivity index (χ0n) is 10.6. The van der Waals surface area contributed by atoms with Crippen LogP contribution in [0.4, 0.5) is 14.5 Å². The van der Waals surface area contributed by atoms with Crippen LogP contribution < -0.4 is 9.46 Å². The van der Waals surface area contributed by atoms with Crippen LogP contribution in [-0.2, 0) is 10.0 Å². The number of hydrogen-bond acceptors (Lipinski definition) is 4. The third-order valence-corrected chi connectivity index (χ3v) is 5.65. The van der Waals surface area contributed by atoms with Crippen molar-refractivity contribution in [1.29, 1.82) is 0 Å². The van der Waals surface area contributed by atoms with Gasteiger partial charge in [0.1, 0.15) is 10.6 Å². The van der Waals surface area contributed by atoms with Crippen LogP contribution in [0.3, 0.4) is 0 Å². The van der Waals surface area contributed by atoms with Gasteiger partial charge in [-0.05, 0) is 53.2 Å². The minimum atomic E-state index is -3.72. The van der Waals surface area contributed by atoms with Crippen molar-refractivity contribution in [3.8, 4) is 5.75 Å². The van der Waals surface area contributed by atoms with Crippen molar-refractivity contribution in [3.63, 3.8) is 0 Å². The topological polar surface area (TPSA) is 55.4 Å². The van der Waals surface area contributed by atoms with E-state index in [-0.39, 0.29) is 16.3 Å². The predicted molar refractivity (Wildman–Crippen MR) is 80.6 cm³/mol. The summed E-state index contributed by atoms with van der Waals surface area (Å²) in [6, 6.07) is 6.75. The third-order valence-electron chi connectivity index (χ3n) is 2.46. The van der Waals surface area contributed by atoms with Gasteiger partial charge in [-0.15, -0.1) is 11.3 Å². The standard InChI is InChI=1S/C12H10BrF2NO3S2/c1-7-10(6-11(13)20-7)21(17,18)16-8-2-4-9(5-3-8)19-12(14)15/h2-6,12,16H,1H3. The molecule has 2 rings (SSSR count). The molecule has 0 spiro atoms. The summed E-state index contributed by atoms with van der Waals surface area (Å²) in [5.74, 6) is -0.0394. The Morgan fingerprint density at radius 3 is 2.38 bits per heavy atom. The summed E-state index contributed by atoms with van der Waals surface area (Å²) in [7, 11) is -3.72. The minimum Gasteiger partial charge on any atom is -0.435 e. The van der Waals surface area contributed by atoms with Gasteiger partial charge in [0.05, 0.1) is 3.79 Å². The molecular formula is C12H10BrF2NO3S2. The van der Waals surface area contributed by atoms with Crippen LogP contribution in [0.25, 0.3) is 0 Å². The van der Waals surface area contributed by atoms with Gasteiger partial charge in [-0.3, -0.25) is 4.72 Å². The number of alkyl halides is 2. The molecule has 0 amide bonds. The number of rotatable bonds is 5. The fourth-order valence-electron chi connectivity index (χ4n) is 1.61. The number of nitrogens with one attached hydrogen (secondary N) is 1. The largest absolute Gasteiger partial charge is 0.435 e. The summed E-state index contributed by atoms with van der Waals surface area (Å²) in [6.07, 6.45) is 0. The lowest BCUT2D eigenvalue weighted by Gasteiger charge is -2.09. The lowest BCUT2D eigenvalue weighted by atomic mass is 10.3. The van der Waals surface area contributed by atoms with Crippen LogP contribution >= 0.6 is 27.3 Å². The average molecular weight is 398 g/mol. The van der Waals surface area contributed by atoms with E-state index in [4.69, 9.17) is 0 Å². The Balaban J connectivity index is 2.19. The number of aryl methyl sites for hydroxylation is 1. The first-order valence-corrected chi connectivity index (χ1v) is 8.71. The molecule has 0 bridgehead atoms. The van der Waals surface area contributed by atoms with Crippen molar-refractivity contribution < 1.29 is 21.9 Å². The molecular weight excluding hydrogens is 388 g/mol. The summed E-state index contributed by atoms with van der Waals surface area (Å²) in [4.78, 5) is 0.819. The molecule has 0 unspecified atom stereocenters. The SMILES string of the molecule is Cc1sc(Br)cc1S(=O)(=O)Nc1ccc(OC(F)F)cc1. The van der Waals surface area contributed by atoms with Crippen LogP contribution in [0.1, 0.15) is 4.88 Å². The van der Waals surface area contributed by atoms with Crippen molar-refractivity contribution in [2.45, 2.75) is 18.4 Å². The Bertz CT molecular complexity index is 729. The van der Waals surface area contributed by atoms with Crippen LogP contribution in [0, 0.1) is 6.92 Å². The molecule has 0 fully saturated rings. The summed E-state index contributed by atoms with van der Waals surface area (Å²) < 4.78 is 55.8. The van der Waals surface area contributed by atoms with E-state index in [1.54, 1.807) is 6.92 Å². The number of sulfonamides is 1. The van der Waals surface area contributed by atoms with E-state index in [1.807, 2.05) is 0 Å². The van der Waals surface area contributed by atoms with Crippen molar-refractivity contribution in [2.75, 3.05) is 4.72 Å². The van der Waals surface area contributed by atoms with Crippen LogP contribution in [0.15, 0.2) is 39.0 Å². The zero-order valence-corrected chi connectivity index (χ0v) is 13.9. The maximum Gasteiger partial charge on any atom is 0.387 e. The van der Waals surface area contributed by atoms with Crippen LogP contribution in [0.5, 0.6) is 5.75 Å². The maximum atomic E-state index is 12.2. The van der Waals surface area contributed by atoms with Crippen molar-refractivity contribution in [3.05, 3.63) is 39.0 Å². The highest BCUT2D eigenvalue weighted by atomic mass is 79.9. The van der Waals surface area contributed by atoms with Gasteiger partial charge in [0.15, 0.2) is 0 Å². The molecule has 1 aromatic carbocycles. The first kappa shape index (κ1) is 16.2. The van der Waals surface area contributed by atoms with Gasteiger partial charge < -0.3 is 4.74 Å². The van der Waals surface area contributed by atoms with Crippen molar-refractivity contribution in [1.82, 2.24) is 0 Å². The molecule has 0 aliphatic rings. The Labute approximate surface area is 132 Å². The Morgan fingerprint density at radius 1 is 1.29 bits per heavy atom. The van der Waals surface area contributed by atoms with Gasteiger partial charge in [0, 0.05) is 10.6 Å². The van der Waals surface area contributed by atoms with Gasteiger partial charge in [0.25, 0.3) is 10.0 Å². The fraction of sp³-hybridized carbons (Fsp3) is 0.167. The van der Waals surface area contributed by atoms with Gasteiger partial charge in [-0.1, -0.05) is 0 Å². The van der Waals surface area contributed by atoms with Gasteiger partial charge >= 0.3 is 6.61 Å². The Morgan fingerprint density at radius 2 is 1.90 bits per heavy atom. The molecule has 21 heavy (non-hydrogen) atoms. The highest BCUT2D eigenvalue weighted by Gasteiger charge is 2.19. The molecule has 1 N–H and O–H groups in total. The summed E-state index contributed by atoms with van der Waals surface area (Å²) in [5.41, 5.74) is 0.262. The number of benzene rings is 1. The molecule has 0 aliphatic heterocycles. The van der Waals surface area contributed by atoms with E-state index in [0.717, 1.165) is 0 Å². The molecule has 114 valence electrons. The molecule has 0 atom stereocenters. The zero-order chi connectivity index (χ0) is 15.6. The van der Waals surface area contributed by atoms with E-state index in [1.165, 1.54) is 41.7 Å². The summed E-state index contributed by atoms with van der Waals surface area (Å²) >= 11 is 4.54. The molecule has 9 heteroatoms. The van der Waals surface area contributed by atoms with Gasteiger partial charge in [-0.2, -0.15) is 8.78 Å². The number of thiophene rings is 1. The summed E-state index contributed by atoms with van der Waals surface area (Å²) in [5, 5.41) is 0.